The maximum absolute atomic E-state index is 12.1. The Balaban J connectivity index is 0.00000200. The number of nitrogens with zero attached hydrogens (tertiary/aromatic N) is 1. The van der Waals surface area contributed by atoms with Crippen molar-refractivity contribution in [1.82, 2.24) is 15.5 Å². The lowest BCUT2D eigenvalue weighted by molar-refractivity contribution is -0.123. The van der Waals surface area contributed by atoms with Gasteiger partial charge in [-0.1, -0.05) is 12.5 Å². The van der Waals surface area contributed by atoms with Gasteiger partial charge >= 0.3 is 0 Å². The predicted molar refractivity (Wildman–Crippen MR) is 93.9 cm³/mol. The number of halogens is 2. The number of likely N-dealkylation sites (N-methyl/N-ethyl adjacent to an activating group) is 1. The second kappa shape index (κ2) is 10.4. The van der Waals surface area contributed by atoms with E-state index in [1.54, 1.807) is 11.3 Å². The van der Waals surface area contributed by atoms with Crippen LogP contribution in [0, 0.1) is 0 Å². The van der Waals surface area contributed by atoms with Crippen LogP contribution in [-0.4, -0.2) is 44.0 Å². The minimum Gasteiger partial charge on any atom is -0.353 e. The SMILES string of the molecule is CN(C)C(CNC(=O)[C@H]1CCCCN1)c1cccs1.Cl.Cl. The Morgan fingerprint density at radius 3 is 2.76 bits per heavy atom. The van der Waals surface area contributed by atoms with Gasteiger partial charge in [0.25, 0.3) is 0 Å². The van der Waals surface area contributed by atoms with Crippen molar-refractivity contribution in [2.75, 3.05) is 27.2 Å². The Hall–Kier alpha value is -0.330. The van der Waals surface area contributed by atoms with E-state index in [1.807, 2.05) is 0 Å². The molecule has 0 spiro atoms. The molecule has 1 aliphatic heterocycles. The van der Waals surface area contributed by atoms with Gasteiger partial charge in [0, 0.05) is 11.4 Å². The normalized spacial score (nSPS) is 19.3. The number of rotatable bonds is 5. The van der Waals surface area contributed by atoms with Gasteiger partial charge in [0.05, 0.1) is 12.1 Å². The summed E-state index contributed by atoms with van der Waals surface area (Å²) in [6.45, 7) is 1.63. The van der Waals surface area contributed by atoms with Crippen molar-refractivity contribution < 1.29 is 4.79 Å². The number of thiophene rings is 1. The van der Waals surface area contributed by atoms with Crippen LogP contribution in [0.2, 0.25) is 0 Å². The zero-order valence-corrected chi connectivity index (χ0v) is 15.0. The van der Waals surface area contributed by atoms with Crippen molar-refractivity contribution in [3.05, 3.63) is 22.4 Å². The minimum atomic E-state index is -0.0000945. The van der Waals surface area contributed by atoms with Crippen LogP contribution in [0.4, 0.5) is 0 Å². The Kier molecular flexibility index (Phi) is 10.2. The fourth-order valence-corrected chi connectivity index (χ4v) is 3.34. The second-order valence-electron chi connectivity index (χ2n) is 5.24. The lowest BCUT2D eigenvalue weighted by Crippen LogP contribution is -2.48. The second-order valence-corrected chi connectivity index (χ2v) is 6.22. The molecule has 2 N–H and O–H groups in total. The van der Waals surface area contributed by atoms with E-state index in [2.05, 4.69) is 47.1 Å². The molecular weight excluding hydrogens is 329 g/mol. The van der Waals surface area contributed by atoms with Gasteiger partial charge in [-0.2, -0.15) is 0 Å². The zero-order valence-electron chi connectivity index (χ0n) is 12.5. The molecule has 1 aromatic heterocycles. The molecule has 1 unspecified atom stereocenters. The number of hydrogen-bond acceptors (Lipinski definition) is 4. The molecular formula is C14H25Cl2N3OS. The molecule has 2 atom stereocenters. The molecule has 7 heteroatoms. The van der Waals surface area contributed by atoms with E-state index in [0.717, 1.165) is 19.4 Å². The highest BCUT2D eigenvalue weighted by Crippen LogP contribution is 2.22. The molecule has 2 heterocycles. The van der Waals surface area contributed by atoms with E-state index in [9.17, 15) is 4.79 Å². The third-order valence-electron chi connectivity index (χ3n) is 3.59. The van der Waals surface area contributed by atoms with Crippen LogP contribution in [0.15, 0.2) is 17.5 Å². The Morgan fingerprint density at radius 1 is 1.48 bits per heavy atom. The van der Waals surface area contributed by atoms with Crippen LogP contribution < -0.4 is 10.6 Å². The molecule has 21 heavy (non-hydrogen) atoms. The van der Waals surface area contributed by atoms with Crippen molar-refractivity contribution in [2.24, 2.45) is 0 Å². The molecule has 0 saturated carbocycles. The van der Waals surface area contributed by atoms with Gasteiger partial charge in [-0.25, -0.2) is 0 Å². The molecule has 122 valence electrons. The highest BCUT2D eigenvalue weighted by atomic mass is 35.5. The standard InChI is InChI=1S/C14H23N3OS.2ClH/c1-17(2)12(13-7-5-9-19-13)10-16-14(18)11-6-3-4-8-15-11;;/h5,7,9,11-12,15H,3-4,6,8,10H2,1-2H3,(H,16,18);2*1H/t11-,12?;;/m1../s1. The first-order chi connectivity index (χ1) is 9.18. The van der Waals surface area contributed by atoms with Crippen molar-refractivity contribution in [3.8, 4) is 0 Å². The first kappa shape index (κ1) is 20.7. The fraction of sp³-hybridized carbons (Fsp3) is 0.643. The summed E-state index contributed by atoms with van der Waals surface area (Å²) in [7, 11) is 4.10. The molecule has 2 rings (SSSR count). The van der Waals surface area contributed by atoms with Gasteiger partial charge in [-0.15, -0.1) is 36.2 Å². The Bertz CT molecular complexity index is 395. The van der Waals surface area contributed by atoms with Gasteiger partial charge in [-0.05, 0) is 44.9 Å². The average Bonchev–Trinajstić information content (AvgIpc) is 2.93. The number of piperidine rings is 1. The van der Waals surface area contributed by atoms with E-state index in [-0.39, 0.29) is 42.8 Å². The summed E-state index contributed by atoms with van der Waals surface area (Å²) in [4.78, 5) is 15.6. The summed E-state index contributed by atoms with van der Waals surface area (Å²) in [6.07, 6.45) is 3.28. The fourth-order valence-electron chi connectivity index (χ4n) is 2.41. The maximum atomic E-state index is 12.1. The zero-order chi connectivity index (χ0) is 13.7. The van der Waals surface area contributed by atoms with Crippen molar-refractivity contribution in [2.45, 2.75) is 31.3 Å². The monoisotopic (exact) mass is 353 g/mol. The van der Waals surface area contributed by atoms with Gasteiger partial charge in [0.15, 0.2) is 0 Å². The number of hydrogen-bond donors (Lipinski definition) is 2. The molecule has 0 aliphatic carbocycles. The Morgan fingerprint density at radius 2 is 2.24 bits per heavy atom. The third-order valence-corrected chi connectivity index (χ3v) is 4.56. The van der Waals surface area contributed by atoms with E-state index in [4.69, 9.17) is 0 Å². The van der Waals surface area contributed by atoms with Gasteiger partial charge < -0.3 is 15.5 Å². The van der Waals surface area contributed by atoms with Crippen molar-refractivity contribution in [1.29, 1.82) is 0 Å². The summed E-state index contributed by atoms with van der Waals surface area (Å²) in [5, 5.41) is 8.45. The number of nitrogens with one attached hydrogen (secondary N) is 2. The van der Waals surface area contributed by atoms with Gasteiger partial charge in [0.1, 0.15) is 0 Å². The number of carbonyl (C=O) groups excluding carboxylic acids is 1. The third kappa shape index (κ3) is 6.12. The van der Waals surface area contributed by atoms with Crippen LogP contribution in [0.25, 0.3) is 0 Å². The van der Waals surface area contributed by atoms with Gasteiger partial charge in [-0.3, -0.25) is 4.79 Å². The maximum Gasteiger partial charge on any atom is 0.237 e. The summed E-state index contributed by atoms with van der Waals surface area (Å²) in [5.41, 5.74) is 0. The summed E-state index contributed by atoms with van der Waals surface area (Å²) >= 11 is 1.74. The van der Waals surface area contributed by atoms with E-state index in [1.165, 1.54) is 11.3 Å². The molecule has 1 aromatic rings. The summed E-state index contributed by atoms with van der Waals surface area (Å²) < 4.78 is 0. The van der Waals surface area contributed by atoms with Crippen molar-refractivity contribution in [3.63, 3.8) is 0 Å². The smallest absolute Gasteiger partial charge is 0.237 e. The quantitative estimate of drug-likeness (QED) is 0.854. The average molecular weight is 354 g/mol. The van der Waals surface area contributed by atoms with E-state index in [0.29, 0.717) is 6.54 Å². The van der Waals surface area contributed by atoms with Gasteiger partial charge in [0.2, 0.25) is 5.91 Å². The highest BCUT2D eigenvalue weighted by molar-refractivity contribution is 7.10. The number of carbonyl (C=O) groups is 1. The summed E-state index contributed by atoms with van der Waals surface area (Å²) in [5.74, 6) is 0.142. The molecule has 0 radical (unpaired) electrons. The minimum absolute atomic E-state index is 0. The number of amides is 1. The molecule has 1 amide bonds. The first-order valence-electron chi connectivity index (χ1n) is 6.89. The molecule has 1 saturated heterocycles. The largest absolute Gasteiger partial charge is 0.353 e. The highest BCUT2D eigenvalue weighted by Gasteiger charge is 2.22. The van der Waals surface area contributed by atoms with Crippen LogP contribution in [0.1, 0.15) is 30.2 Å². The summed E-state index contributed by atoms with van der Waals surface area (Å²) in [6, 6.07) is 4.44. The molecule has 4 nitrogen and oxygen atoms in total. The van der Waals surface area contributed by atoms with Crippen molar-refractivity contribution >= 4 is 42.1 Å². The molecule has 1 fully saturated rings. The molecule has 0 bridgehead atoms. The molecule has 0 aromatic carbocycles. The molecule has 1 aliphatic rings. The topological polar surface area (TPSA) is 44.4 Å². The van der Waals surface area contributed by atoms with E-state index < -0.39 is 0 Å². The van der Waals surface area contributed by atoms with Crippen LogP contribution in [0.3, 0.4) is 0 Å². The van der Waals surface area contributed by atoms with E-state index >= 15 is 0 Å². The lowest BCUT2D eigenvalue weighted by Gasteiger charge is -2.26. The predicted octanol–water partition coefficient (Wildman–Crippen LogP) is 2.45. The Labute approximate surface area is 143 Å². The first-order valence-corrected chi connectivity index (χ1v) is 7.77. The van der Waals surface area contributed by atoms with Crippen LogP contribution in [0.5, 0.6) is 0 Å². The lowest BCUT2D eigenvalue weighted by atomic mass is 10.0. The van der Waals surface area contributed by atoms with Crippen LogP contribution in [-0.2, 0) is 4.79 Å². The van der Waals surface area contributed by atoms with Crippen LogP contribution >= 0.6 is 36.2 Å².